The zero-order chi connectivity index (χ0) is 13.7. The second-order valence-electron chi connectivity index (χ2n) is 5.12. The lowest BCUT2D eigenvalue weighted by molar-refractivity contribution is -0.384. The van der Waals surface area contributed by atoms with E-state index in [4.69, 9.17) is 5.73 Å². The van der Waals surface area contributed by atoms with Gasteiger partial charge in [0, 0.05) is 24.7 Å². The molecule has 1 aromatic carbocycles. The SMILES string of the molecule is NCCC1CCCCN1Cc1cccc([N+](=O)[O-])c1. The smallest absolute Gasteiger partial charge is 0.269 e. The van der Waals surface area contributed by atoms with Crippen molar-refractivity contribution in [2.24, 2.45) is 5.73 Å². The average molecular weight is 263 g/mol. The molecule has 1 aliphatic rings. The molecule has 104 valence electrons. The molecule has 2 N–H and O–H groups in total. The standard InChI is InChI=1S/C14H21N3O2/c15-8-7-13-5-1-2-9-16(13)11-12-4-3-6-14(10-12)17(18)19/h3-4,6,10,13H,1-2,5,7-9,11,15H2. The Labute approximate surface area is 113 Å². The van der Waals surface area contributed by atoms with Crippen LogP contribution in [-0.2, 0) is 6.54 Å². The third kappa shape index (κ3) is 3.75. The summed E-state index contributed by atoms with van der Waals surface area (Å²) in [6.45, 7) is 2.55. The Morgan fingerprint density at radius 1 is 1.42 bits per heavy atom. The molecule has 0 saturated carbocycles. The molecule has 1 unspecified atom stereocenters. The van der Waals surface area contributed by atoms with E-state index in [0.717, 1.165) is 25.1 Å². The molecule has 1 aromatic rings. The third-order valence-corrected chi connectivity index (χ3v) is 3.76. The van der Waals surface area contributed by atoms with Crippen molar-refractivity contribution < 1.29 is 4.92 Å². The summed E-state index contributed by atoms with van der Waals surface area (Å²) >= 11 is 0. The van der Waals surface area contributed by atoms with Crippen molar-refractivity contribution >= 4 is 5.69 Å². The van der Waals surface area contributed by atoms with Crippen LogP contribution in [0.25, 0.3) is 0 Å². The predicted molar refractivity (Wildman–Crippen MR) is 74.8 cm³/mol. The lowest BCUT2D eigenvalue weighted by Crippen LogP contribution is -2.40. The molecule has 1 aliphatic heterocycles. The molecule has 0 aromatic heterocycles. The minimum Gasteiger partial charge on any atom is -0.330 e. The Balaban J connectivity index is 2.06. The van der Waals surface area contributed by atoms with E-state index in [2.05, 4.69) is 4.90 Å². The van der Waals surface area contributed by atoms with Gasteiger partial charge in [0.15, 0.2) is 0 Å². The Kier molecular flexibility index (Phi) is 4.87. The first-order valence-electron chi connectivity index (χ1n) is 6.88. The number of benzene rings is 1. The highest BCUT2D eigenvalue weighted by Crippen LogP contribution is 2.23. The van der Waals surface area contributed by atoms with E-state index in [1.165, 1.54) is 25.3 Å². The maximum absolute atomic E-state index is 10.8. The zero-order valence-corrected chi connectivity index (χ0v) is 11.1. The fourth-order valence-electron chi connectivity index (χ4n) is 2.79. The summed E-state index contributed by atoms with van der Waals surface area (Å²) in [6, 6.07) is 7.46. The largest absolute Gasteiger partial charge is 0.330 e. The van der Waals surface area contributed by atoms with Crippen LogP contribution in [0, 0.1) is 10.1 Å². The summed E-state index contributed by atoms with van der Waals surface area (Å²) in [5.41, 5.74) is 6.85. The lowest BCUT2D eigenvalue weighted by Gasteiger charge is -2.35. The van der Waals surface area contributed by atoms with Crippen LogP contribution in [0.1, 0.15) is 31.2 Å². The number of nitro benzene ring substituents is 1. The molecule has 0 spiro atoms. The Morgan fingerprint density at radius 2 is 2.26 bits per heavy atom. The molecule has 0 bridgehead atoms. The molecule has 19 heavy (non-hydrogen) atoms. The van der Waals surface area contributed by atoms with E-state index < -0.39 is 0 Å². The normalized spacial score (nSPS) is 20.4. The first kappa shape index (κ1) is 14.0. The Morgan fingerprint density at radius 3 is 3.00 bits per heavy atom. The second-order valence-corrected chi connectivity index (χ2v) is 5.12. The topological polar surface area (TPSA) is 72.4 Å². The van der Waals surface area contributed by atoms with Gasteiger partial charge in [0.2, 0.25) is 0 Å². The van der Waals surface area contributed by atoms with Gasteiger partial charge in [0.05, 0.1) is 4.92 Å². The van der Waals surface area contributed by atoms with E-state index in [9.17, 15) is 10.1 Å². The molecule has 0 radical (unpaired) electrons. The highest BCUT2D eigenvalue weighted by Gasteiger charge is 2.22. The maximum atomic E-state index is 10.8. The van der Waals surface area contributed by atoms with Gasteiger partial charge in [-0.25, -0.2) is 0 Å². The quantitative estimate of drug-likeness (QED) is 0.653. The third-order valence-electron chi connectivity index (χ3n) is 3.76. The van der Waals surface area contributed by atoms with Gasteiger partial charge in [0.1, 0.15) is 0 Å². The number of non-ortho nitro benzene ring substituents is 1. The molecular formula is C14H21N3O2. The number of hydrogen-bond acceptors (Lipinski definition) is 4. The van der Waals surface area contributed by atoms with Gasteiger partial charge in [-0.2, -0.15) is 0 Å². The van der Waals surface area contributed by atoms with Crippen molar-refractivity contribution in [1.29, 1.82) is 0 Å². The minimum absolute atomic E-state index is 0.171. The zero-order valence-electron chi connectivity index (χ0n) is 11.1. The summed E-state index contributed by atoms with van der Waals surface area (Å²) in [5.74, 6) is 0. The van der Waals surface area contributed by atoms with Crippen molar-refractivity contribution in [3.8, 4) is 0 Å². The van der Waals surface area contributed by atoms with Gasteiger partial charge in [0.25, 0.3) is 5.69 Å². The summed E-state index contributed by atoms with van der Waals surface area (Å²) in [6.07, 6.45) is 4.66. The minimum atomic E-state index is -0.336. The number of nitrogens with zero attached hydrogens (tertiary/aromatic N) is 2. The number of piperidine rings is 1. The van der Waals surface area contributed by atoms with Crippen molar-refractivity contribution in [1.82, 2.24) is 4.90 Å². The molecular weight excluding hydrogens is 242 g/mol. The van der Waals surface area contributed by atoms with E-state index in [1.54, 1.807) is 12.1 Å². The second kappa shape index (κ2) is 6.63. The maximum Gasteiger partial charge on any atom is 0.269 e. The molecule has 0 amide bonds. The Bertz CT molecular complexity index is 434. The molecule has 1 atom stereocenters. The van der Waals surface area contributed by atoms with Crippen molar-refractivity contribution in [2.45, 2.75) is 38.3 Å². The van der Waals surface area contributed by atoms with Crippen molar-refractivity contribution in [3.05, 3.63) is 39.9 Å². The van der Waals surface area contributed by atoms with Gasteiger partial charge < -0.3 is 5.73 Å². The number of rotatable bonds is 5. The molecule has 2 rings (SSSR count). The monoisotopic (exact) mass is 263 g/mol. The van der Waals surface area contributed by atoms with Crippen LogP contribution in [-0.4, -0.2) is 29.0 Å². The van der Waals surface area contributed by atoms with Crippen LogP contribution in [0.2, 0.25) is 0 Å². The summed E-state index contributed by atoms with van der Waals surface area (Å²) in [5, 5.41) is 10.8. The lowest BCUT2D eigenvalue weighted by atomic mass is 9.98. The van der Waals surface area contributed by atoms with Crippen LogP contribution in [0.15, 0.2) is 24.3 Å². The first-order chi connectivity index (χ1) is 9.20. The van der Waals surface area contributed by atoms with E-state index >= 15 is 0 Å². The van der Waals surface area contributed by atoms with Crippen LogP contribution in [0.3, 0.4) is 0 Å². The van der Waals surface area contributed by atoms with Gasteiger partial charge in [-0.1, -0.05) is 18.6 Å². The van der Waals surface area contributed by atoms with Gasteiger partial charge in [-0.3, -0.25) is 15.0 Å². The van der Waals surface area contributed by atoms with Gasteiger partial charge >= 0.3 is 0 Å². The van der Waals surface area contributed by atoms with E-state index in [-0.39, 0.29) is 10.6 Å². The predicted octanol–water partition coefficient (Wildman–Crippen LogP) is 2.30. The number of nitrogens with two attached hydrogens (primary N) is 1. The van der Waals surface area contributed by atoms with Gasteiger partial charge in [-0.15, -0.1) is 0 Å². The van der Waals surface area contributed by atoms with E-state index in [1.807, 2.05) is 6.07 Å². The number of likely N-dealkylation sites (tertiary alicyclic amines) is 1. The average Bonchev–Trinajstić information content (AvgIpc) is 2.41. The Hall–Kier alpha value is -1.46. The van der Waals surface area contributed by atoms with Crippen LogP contribution >= 0.6 is 0 Å². The molecule has 0 aliphatic carbocycles. The highest BCUT2D eigenvalue weighted by atomic mass is 16.6. The van der Waals surface area contributed by atoms with Gasteiger partial charge in [-0.05, 0) is 37.9 Å². The molecule has 1 fully saturated rings. The molecule has 5 nitrogen and oxygen atoms in total. The van der Waals surface area contributed by atoms with Crippen molar-refractivity contribution in [2.75, 3.05) is 13.1 Å². The number of nitro groups is 1. The fraction of sp³-hybridized carbons (Fsp3) is 0.571. The summed E-state index contributed by atoms with van der Waals surface area (Å²) in [7, 11) is 0. The van der Waals surface area contributed by atoms with Crippen molar-refractivity contribution in [3.63, 3.8) is 0 Å². The number of hydrogen-bond donors (Lipinski definition) is 1. The molecule has 1 saturated heterocycles. The fourth-order valence-corrected chi connectivity index (χ4v) is 2.79. The van der Waals surface area contributed by atoms with Crippen LogP contribution in [0.5, 0.6) is 0 Å². The molecule has 1 heterocycles. The van der Waals surface area contributed by atoms with Crippen LogP contribution < -0.4 is 5.73 Å². The highest BCUT2D eigenvalue weighted by molar-refractivity contribution is 5.34. The first-order valence-corrected chi connectivity index (χ1v) is 6.88. The van der Waals surface area contributed by atoms with Crippen LogP contribution in [0.4, 0.5) is 5.69 Å². The summed E-state index contributed by atoms with van der Waals surface area (Å²) < 4.78 is 0. The van der Waals surface area contributed by atoms with E-state index in [0.29, 0.717) is 12.6 Å². The summed E-state index contributed by atoms with van der Waals surface area (Å²) in [4.78, 5) is 12.9. The molecule has 5 heteroatoms.